The second kappa shape index (κ2) is 6.64. The van der Waals surface area contributed by atoms with Gasteiger partial charge in [0.15, 0.2) is 0 Å². The van der Waals surface area contributed by atoms with Crippen LogP contribution in [0.5, 0.6) is 0 Å². The van der Waals surface area contributed by atoms with Gasteiger partial charge in [0.25, 0.3) is 0 Å². The van der Waals surface area contributed by atoms with Crippen molar-refractivity contribution in [2.24, 2.45) is 11.8 Å². The lowest BCUT2D eigenvalue weighted by Crippen LogP contribution is -2.28. The lowest BCUT2D eigenvalue weighted by molar-refractivity contribution is -0.146. The van der Waals surface area contributed by atoms with Crippen LogP contribution < -0.4 is 5.32 Å². The fourth-order valence-electron chi connectivity index (χ4n) is 1.57. The predicted octanol–water partition coefficient (Wildman–Crippen LogP) is 3.31. The van der Waals surface area contributed by atoms with Crippen LogP contribution in [0, 0.1) is 11.8 Å². The Morgan fingerprint density at radius 1 is 1.41 bits per heavy atom. The standard InChI is InChI=1S/C13H18BrNO2/c1-9(2)10(13(16)17-3)8-15-12-7-5-4-6-11(12)14/h4-7,9-10,15H,8H2,1-3H3. The van der Waals surface area contributed by atoms with Crippen molar-refractivity contribution < 1.29 is 9.53 Å². The number of hydrogen-bond donors (Lipinski definition) is 1. The summed E-state index contributed by atoms with van der Waals surface area (Å²) in [6, 6.07) is 7.84. The summed E-state index contributed by atoms with van der Waals surface area (Å²) < 4.78 is 5.79. The summed E-state index contributed by atoms with van der Waals surface area (Å²) in [6.45, 7) is 4.61. The molecule has 1 rings (SSSR count). The summed E-state index contributed by atoms with van der Waals surface area (Å²) in [6.07, 6.45) is 0. The van der Waals surface area contributed by atoms with Gasteiger partial charge in [0, 0.05) is 16.7 Å². The third-order valence-corrected chi connectivity index (χ3v) is 3.39. The summed E-state index contributed by atoms with van der Waals surface area (Å²) >= 11 is 3.46. The van der Waals surface area contributed by atoms with Crippen molar-refractivity contribution in [2.75, 3.05) is 19.0 Å². The second-order valence-corrected chi connectivity index (χ2v) is 5.09. The Labute approximate surface area is 111 Å². The Kier molecular flexibility index (Phi) is 5.48. The quantitative estimate of drug-likeness (QED) is 0.848. The molecule has 0 aliphatic carbocycles. The number of hydrogen-bond acceptors (Lipinski definition) is 3. The minimum absolute atomic E-state index is 0.132. The molecule has 0 amide bonds. The molecule has 1 aromatic carbocycles. The van der Waals surface area contributed by atoms with Crippen LogP contribution in [0.15, 0.2) is 28.7 Å². The molecule has 4 heteroatoms. The van der Waals surface area contributed by atoms with Crippen molar-refractivity contribution >= 4 is 27.6 Å². The number of carbonyl (C=O) groups is 1. The maximum Gasteiger partial charge on any atom is 0.310 e. The average molecular weight is 300 g/mol. The van der Waals surface area contributed by atoms with Crippen LogP contribution in [0.4, 0.5) is 5.69 Å². The van der Waals surface area contributed by atoms with E-state index in [4.69, 9.17) is 4.74 Å². The van der Waals surface area contributed by atoms with Gasteiger partial charge in [-0.2, -0.15) is 0 Å². The van der Waals surface area contributed by atoms with Crippen LogP contribution in [0.2, 0.25) is 0 Å². The van der Waals surface area contributed by atoms with Crippen LogP contribution in [0.3, 0.4) is 0 Å². The van der Waals surface area contributed by atoms with E-state index < -0.39 is 0 Å². The molecule has 1 atom stereocenters. The van der Waals surface area contributed by atoms with Crippen LogP contribution in [0.1, 0.15) is 13.8 Å². The number of ether oxygens (including phenoxy) is 1. The van der Waals surface area contributed by atoms with Gasteiger partial charge in [-0.3, -0.25) is 4.79 Å². The number of rotatable bonds is 5. The molecule has 0 aromatic heterocycles. The van der Waals surface area contributed by atoms with Crippen LogP contribution >= 0.6 is 15.9 Å². The van der Waals surface area contributed by atoms with Gasteiger partial charge >= 0.3 is 5.97 Å². The number of methoxy groups -OCH3 is 1. The summed E-state index contributed by atoms with van der Waals surface area (Å²) in [4.78, 5) is 11.6. The molecule has 0 bridgehead atoms. The van der Waals surface area contributed by atoms with E-state index in [1.807, 2.05) is 38.1 Å². The summed E-state index contributed by atoms with van der Waals surface area (Å²) in [5.74, 6) is -0.0518. The van der Waals surface area contributed by atoms with E-state index in [0.29, 0.717) is 6.54 Å². The van der Waals surface area contributed by atoms with Crippen LogP contribution in [-0.2, 0) is 9.53 Å². The predicted molar refractivity (Wildman–Crippen MR) is 73.0 cm³/mol. The number of halogens is 1. The highest BCUT2D eigenvalue weighted by molar-refractivity contribution is 9.10. The molecule has 3 nitrogen and oxygen atoms in total. The van der Waals surface area contributed by atoms with Gasteiger partial charge in [-0.1, -0.05) is 26.0 Å². The highest BCUT2D eigenvalue weighted by Crippen LogP contribution is 2.22. The molecule has 0 fully saturated rings. The first kappa shape index (κ1) is 14.0. The normalized spacial score (nSPS) is 12.3. The smallest absolute Gasteiger partial charge is 0.310 e. The van der Waals surface area contributed by atoms with E-state index >= 15 is 0 Å². The minimum atomic E-state index is -0.167. The first-order chi connectivity index (χ1) is 8.06. The van der Waals surface area contributed by atoms with E-state index in [1.54, 1.807) is 0 Å². The molecule has 0 heterocycles. The molecule has 0 radical (unpaired) electrons. The molecule has 0 aliphatic heterocycles. The van der Waals surface area contributed by atoms with Gasteiger partial charge in [-0.15, -0.1) is 0 Å². The molecule has 94 valence electrons. The van der Waals surface area contributed by atoms with E-state index in [2.05, 4.69) is 21.2 Å². The SMILES string of the molecule is COC(=O)C(CNc1ccccc1Br)C(C)C. The number of para-hydroxylation sites is 1. The molecule has 0 spiro atoms. The Bertz CT molecular complexity index is 379. The molecule has 17 heavy (non-hydrogen) atoms. The van der Waals surface area contributed by atoms with E-state index in [1.165, 1.54) is 7.11 Å². The van der Waals surface area contributed by atoms with Crippen molar-refractivity contribution in [3.63, 3.8) is 0 Å². The van der Waals surface area contributed by atoms with Gasteiger partial charge in [-0.05, 0) is 34.0 Å². The monoisotopic (exact) mass is 299 g/mol. The second-order valence-electron chi connectivity index (χ2n) is 4.23. The molecule has 1 N–H and O–H groups in total. The fourth-order valence-corrected chi connectivity index (χ4v) is 1.99. The summed E-state index contributed by atoms with van der Waals surface area (Å²) in [5, 5.41) is 3.26. The number of nitrogens with one attached hydrogen (secondary N) is 1. The van der Waals surface area contributed by atoms with Crippen molar-refractivity contribution in [2.45, 2.75) is 13.8 Å². The van der Waals surface area contributed by atoms with Crippen LogP contribution in [0.25, 0.3) is 0 Å². The van der Waals surface area contributed by atoms with Crippen molar-refractivity contribution in [1.82, 2.24) is 0 Å². The van der Waals surface area contributed by atoms with E-state index in [9.17, 15) is 4.79 Å². The molecular formula is C13H18BrNO2. The third kappa shape index (κ3) is 4.04. The molecule has 0 aliphatic rings. The molecular weight excluding hydrogens is 282 g/mol. The van der Waals surface area contributed by atoms with Gasteiger partial charge in [0.2, 0.25) is 0 Å². The molecule has 1 unspecified atom stereocenters. The lowest BCUT2D eigenvalue weighted by atomic mass is 9.96. The van der Waals surface area contributed by atoms with Crippen molar-refractivity contribution in [1.29, 1.82) is 0 Å². The Balaban J connectivity index is 2.64. The molecule has 1 aromatic rings. The highest BCUT2D eigenvalue weighted by atomic mass is 79.9. The zero-order valence-corrected chi connectivity index (χ0v) is 12.0. The number of benzene rings is 1. The summed E-state index contributed by atoms with van der Waals surface area (Å²) in [7, 11) is 1.43. The lowest BCUT2D eigenvalue weighted by Gasteiger charge is -2.19. The van der Waals surface area contributed by atoms with Crippen LogP contribution in [-0.4, -0.2) is 19.6 Å². The number of esters is 1. The Morgan fingerprint density at radius 3 is 2.59 bits per heavy atom. The average Bonchev–Trinajstić information content (AvgIpc) is 2.30. The van der Waals surface area contributed by atoms with Gasteiger partial charge in [0.05, 0.1) is 13.0 Å². The maximum atomic E-state index is 11.6. The van der Waals surface area contributed by atoms with Gasteiger partial charge < -0.3 is 10.1 Å². The first-order valence-electron chi connectivity index (χ1n) is 5.62. The topological polar surface area (TPSA) is 38.3 Å². The zero-order chi connectivity index (χ0) is 12.8. The van der Waals surface area contributed by atoms with Crippen molar-refractivity contribution in [3.05, 3.63) is 28.7 Å². The largest absolute Gasteiger partial charge is 0.469 e. The molecule has 0 saturated heterocycles. The summed E-state index contributed by atoms with van der Waals surface area (Å²) in [5.41, 5.74) is 0.988. The molecule has 0 saturated carbocycles. The van der Waals surface area contributed by atoms with E-state index in [-0.39, 0.29) is 17.8 Å². The highest BCUT2D eigenvalue weighted by Gasteiger charge is 2.22. The Hall–Kier alpha value is -1.03. The van der Waals surface area contributed by atoms with E-state index in [0.717, 1.165) is 10.2 Å². The zero-order valence-electron chi connectivity index (χ0n) is 10.4. The number of anilines is 1. The third-order valence-electron chi connectivity index (χ3n) is 2.69. The minimum Gasteiger partial charge on any atom is -0.469 e. The van der Waals surface area contributed by atoms with Gasteiger partial charge in [0.1, 0.15) is 0 Å². The number of carbonyl (C=O) groups excluding carboxylic acids is 1. The first-order valence-corrected chi connectivity index (χ1v) is 6.41. The van der Waals surface area contributed by atoms with Crippen molar-refractivity contribution in [3.8, 4) is 0 Å². The Morgan fingerprint density at radius 2 is 2.06 bits per heavy atom. The fraction of sp³-hybridized carbons (Fsp3) is 0.462. The van der Waals surface area contributed by atoms with Gasteiger partial charge in [-0.25, -0.2) is 0 Å². The maximum absolute atomic E-state index is 11.6.